The second-order valence-electron chi connectivity index (χ2n) is 3.78. The van der Waals surface area contributed by atoms with Crippen LogP contribution in [-0.2, 0) is 16.1 Å². The minimum absolute atomic E-state index is 0.116. The van der Waals surface area contributed by atoms with Crippen molar-refractivity contribution in [1.82, 2.24) is 0 Å². The molecule has 0 aliphatic rings. The third-order valence-electron chi connectivity index (χ3n) is 2.43. The van der Waals surface area contributed by atoms with Crippen molar-refractivity contribution in [3.63, 3.8) is 0 Å². The lowest BCUT2D eigenvalue weighted by atomic mass is 10.2. The first-order valence-electron chi connectivity index (χ1n) is 5.90. The molecule has 0 heterocycles. The SMILES string of the molecule is CCOC(CN)CCOCc1ccc(Br)cc1. The zero-order valence-electron chi connectivity index (χ0n) is 10.2. The van der Waals surface area contributed by atoms with Crippen LogP contribution in [0.25, 0.3) is 0 Å². The molecule has 2 N–H and O–H groups in total. The minimum atomic E-state index is 0.116. The first-order valence-corrected chi connectivity index (χ1v) is 6.69. The molecular weight excluding hydrogens is 282 g/mol. The van der Waals surface area contributed by atoms with Gasteiger partial charge in [0.2, 0.25) is 0 Å². The van der Waals surface area contributed by atoms with Gasteiger partial charge >= 0.3 is 0 Å². The molecule has 96 valence electrons. The molecule has 0 saturated carbocycles. The van der Waals surface area contributed by atoms with Gasteiger partial charge < -0.3 is 15.2 Å². The van der Waals surface area contributed by atoms with Crippen LogP contribution in [0.15, 0.2) is 28.7 Å². The third-order valence-corrected chi connectivity index (χ3v) is 2.96. The highest BCUT2D eigenvalue weighted by molar-refractivity contribution is 9.10. The lowest BCUT2D eigenvalue weighted by Gasteiger charge is -2.14. The van der Waals surface area contributed by atoms with Crippen LogP contribution in [0.4, 0.5) is 0 Å². The predicted octanol–water partition coefficient (Wildman–Crippen LogP) is 2.72. The van der Waals surface area contributed by atoms with E-state index in [1.54, 1.807) is 0 Å². The summed E-state index contributed by atoms with van der Waals surface area (Å²) in [6.45, 7) is 4.55. The molecular formula is C13H20BrNO2. The number of benzene rings is 1. The van der Waals surface area contributed by atoms with E-state index in [9.17, 15) is 0 Å². The Kier molecular flexibility index (Phi) is 7.44. The molecule has 1 atom stereocenters. The fraction of sp³-hybridized carbons (Fsp3) is 0.538. The van der Waals surface area contributed by atoms with Crippen molar-refractivity contribution < 1.29 is 9.47 Å². The maximum Gasteiger partial charge on any atom is 0.0719 e. The molecule has 1 aromatic carbocycles. The van der Waals surface area contributed by atoms with E-state index < -0.39 is 0 Å². The topological polar surface area (TPSA) is 44.5 Å². The molecule has 0 bridgehead atoms. The normalized spacial score (nSPS) is 12.6. The molecule has 0 spiro atoms. The molecule has 0 aromatic heterocycles. The van der Waals surface area contributed by atoms with E-state index >= 15 is 0 Å². The Labute approximate surface area is 111 Å². The Bertz CT molecular complexity index is 303. The molecule has 1 unspecified atom stereocenters. The highest BCUT2D eigenvalue weighted by Gasteiger charge is 2.05. The van der Waals surface area contributed by atoms with Crippen LogP contribution in [0.2, 0.25) is 0 Å². The molecule has 0 aliphatic heterocycles. The number of rotatable bonds is 8. The van der Waals surface area contributed by atoms with Crippen molar-refractivity contribution in [2.45, 2.75) is 26.1 Å². The van der Waals surface area contributed by atoms with Crippen LogP contribution < -0.4 is 5.73 Å². The van der Waals surface area contributed by atoms with Gasteiger partial charge in [-0.1, -0.05) is 28.1 Å². The summed E-state index contributed by atoms with van der Waals surface area (Å²) < 4.78 is 12.1. The van der Waals surface area contributed by atoms with Gasteiger partial charge in [0, 0.05) is 24.2 Å². The van der Waals surface area contributed by atoms with Gasteiger partial charge in [0.05, 0.1) is 12.7 Å². The third kappa shape index (κ3) is 6.17. The van der Waals surface area contributed by atoms with E-state index in [1.165, 1.54) is 5.56 Å². The van der Waals surface area contributed by atoms with Crippen molar-refractivity contribution in [3.05, 3.63) is 34.3 Å². The summed E-state index contributed by atoms with van der Waals surface area (Å²) in [5.41, 5.74) is 6.76. The van der Waals surface area contributed by atoms with Gasteiger partial charge in [0.15, 0.2) is 0 Å². The number of hydrogen-bond donors (Lipinski definition) is 1. The van der Waals surface area contributed by atoms with Crippen LogP contribution in [-0.4, -0.2) is 25.9 Å². The van der Waals surface area contributed by atoms with Crippen LogP contribution >= 0.6 is 15.9 Å². The van der Waals surface area contributed by atoms with Crippen molar-refractivity contribution in [3.8, 4) is 0 Å². The molecule has 0 radical (unpaired) electrons. The second kappa shape index (κ2) is 8.64. The van der Waals surface area contributed by atoms with Gasteiger partial charge in [0.1, 0.15) is 0 Å². The molecule has 0 amide bonds. The lowest BCUT2D eigenvalue weighted by molar-refractivity contribution is 0.0289. The van der Waals surface area contributed by atoms with E-state index in [1.807, 2.05) is 31.2 Å². The maximum atomic E-state index is 5.59. The van der Waals surface area contributed by atoms with Crippen LogP contribution in [0.5, 0.6) is 0 Å². The van der Waals surface area contributed by atoms with E-state index in [-0.39, 0.29) is 6.10 Å². The minimum Gasteiger partial charge on any atom is -0.377 e. The molecule has 4 heteroatoms. The van der Waals surface area contributed by atoms with Crippen LogP contribution in [0, 0.1) is 0 Å². The molecule has 3 nitrogen and oxygen atoms in total. The van der Waals surface area contributed by atoms with E-state index in [0.717, 1.165) is 10.9 Å². The van der Waals surface area contributed by atoms with Gasteiger partial charge in [-0.3, -0.25) is 0 Å². The number of hydrogen-bond acceptors (Lipinski definition) is 3. The van der Waals surface area contributed by atoms with E-state index in [0.29, 0.717) is 26.4 Å². The van der Waals surface area contributed by atoms with E-state index in [4.69, 9.17) is 15.2 Å². The summed E-state index contributed by atoms with van der Waals surface area (Å²) in [6, 6.07) is 8.13. The number of ether oxygens (including phenoxy) is 2. The first-order chi connectivity index (χ1) is 8.26. The van der Waals surface area contributed by atoms with E-state index in [2.05, 4.69) is 15.9 Å². The highest BCUT2D eigenvalue weighted by Crippen LogP contribution is 2.11. The average Bonchev–Trinajstić information content (AvgIpc) is 2.35. The summed E-state index contributed by atoms with van der Waals surface area (Å²) in [7, 11) is 0. The second-order valence-corrected chi connectivity index (χ2v) is 4.70. The standard InChI is InChI=1S/C13H20BrNO2/c1-2-17-13(9-15)7-8-16-10-11-3-5-12(14)6-4-11/h3-6,13H,2,7-10,15H2,1H3. The van der Waals surface area contributed by atoms with Gasteiger partial charge in [0.25, 0.3) is 0 Å². The predicted molar refractivity (Wildman–Crippen MR) is 72.9 cm³/mol. The van der Waals surface area contributed by atoms with Crippen molar-refractivity contribution in [1.29, 1.82) is 0 Å². The number of halogens is 1. The molecule has 0 saturated heterocycles. The summed E-state index contributed by atoms with van der Waals surface area (Å²) >= 11 is 3.40. The summed E-state index contributed by atoms with van der Waals surface area (Å²) in [4.78, 5) is 0. The van der Waals surface area contributed by atoms with Crippen molar-refractivity contribution in [2.24, 2.45) is 5.73 Å². The molecule has 0 aliphatic carbocycles. The molecule has 1 rings (SSSR count). The summed E-state index contributed by atoms with van der Waals surface area (Å²) in [5.74, 6) is 0. The Hall–Kier alpha value is -0.420. The first kappa shape index (κ1) is 14.6. The Morgan fingerprint density at radius 1 is 1.29 bits per heavy atom. The Morgan fingerprint density at radius 2 is 2.00 bits per heavy atom. The zero-order chi connectivity index (χ0) is 12.5. The average molecular weight is 302 g/mol. The monoisotopic (exact) mass is 301 g/mol. The lowest BCUT2D eigenvalue weighted by Crippen LogP contribution is -2.25. The van der Waals surface area contributed by atoms with Crippen LogP contribution in [0.3, 0.4) is 0 Å². The van der Waals surface area contributed by atoms with Gasteiger partial charge in [-0.15, -0.1) is 0 Å². The smallest absolute Gasteiger partial charge is 0.0719 e. The molecule has 17 heavy (non-hydrogen) atoms. The Balaban J connectivity index is 2.17. The van der Waals surface area contributed by atoms with Gasteiger partial charge in [-0.05, 0) is 31.0 Å². The van der Waals surface area contributed by atoms with Crippen molar-refractivity contribution in [2.75, 3.05) is 19.8 Å². The van der Waals surface area contributed by atoms with Crippen LogP contribution in [0.1, 0.15) is 18.9 Å². The summed E-state index contributed by atoms with van der Waals surface area (Å²) in [6.07, 6.45) is 0.964. The summed E-state index contributed by atoms with van der Waals surface area (Å²) in [5, 5.41) is 0. The largest absolute Gasteiger partial charge is 0.377 e. The Morgan fingerprint density at radius 3 is 2.59 bits per heavy atom. The van der Waals surface area contributed by atoms with Gasteiger partial charge in [-0.25, -0.2) is 0 Å². The zero-order valence-corrected chi connectivity index (χ0v) is 11.8. The highest BCUT2D eigenvalue weighted by atomic mass is 79.9. The maximum absolute atomic E-state index is 5.59. The fourth-order valence-electron chi connectivity index (χ4n) is 1.49. The number of nitrogens with two attached hydrogens (primary N) is 1. The van der Waals surface area contributed by atoms with Crippen molar-refractivity contribution >= 4 is 15.9 Å². The fourth-order valence-corrected chi connectivity index (χ4v) is 1.75. The van der Waals surface area contributed by atoms with Gasteiger partial charge in [-0.2, -0.15) is 0 Å². The molecule has 1 aromatic rings. The quantitative estimate of drug-likeness (QED) is 0.751. The molecule has 0 fully saturated rings.